The monoisotopic (exact) mass is 786 g/mol. The second-order valence-electron chi connectivity index (χ2n) is 17.2. The zero-order chi connectivity index (χ0) is 40.7. The van der Waals surface area contributed by atoms with Crippen LogP contribution in [0.2, 0.25) is 0 Å². The van der Waals surface area contributed by atoms with Crippen LogP contribution in [0.3, 0.4) is 0 Å². The summed E-state index contributed by atoms with van der Waals surface area (Å²) in [6.45, 7) is 4.28. The first-order valence-corrected chi connectivity index (χ1v) is 25.2. The van der Waals surface area contributed by atoms with Gasteiger partial charge in [0.2, 0.25) is 5.91 Å². The lowest BCUT2D eigenvalue weighted by Crippen LogP contribution is -2.45. The fourth-order valence-electron chi connectivity index (χ4n) is 7.74. The molecule has 56 heavy (non-hydrogen) atoms. The lowest BCUT2D eigenvalue weighted by Gasteiger charge is -2.19. The van der Waals surface area contributed by atoms with Crippen molar-refractivity contribution in [2.45, 2.75) is 283 Å². The Hall–Kier alpha value is -1.39. The van der Waals surface area contributed by atoms with Crippen molar-refractivity contribution in [1.29, 1.82) is 0 Å². The molecule has 2 atom stereocenters. The zero-order valence-electron chi connectivity index (χ0n) is 37.9. The third kappa shape index (κ3) is 43.7. The summed E-state index contributed by atoms with van der Waals surface area (Å²) >= 11 is 0. The average Bonchev–Trinajstić information content (AvgIpc) is 3.20. The van der Waals surface area contributed by atoms with Crippen molar-refractivity contribution in [3.63, 3.8) is 0 Å². The molecule has 0 radical (unpaired) electrons. The van der Waals surface area contributed by atoms with Gasteiger partial charge in [0.15, 0.2) is 0 Å². The summed E-state index contributed by atoms with van der Waals surface area (Å²) in [5.74, 6) is -0.0748. The first kappa shape index (κ1) is 54.6. The van der Waals surface area contributed by atoms with E-state index in [1.54, 1.807) is 6.08 Å². The van der Waals surface area contributed by atoms with Crippen LogP contribution in [0.25, 0.3) is 0 Å². The molecular weight excluding hydrogens is 687 g/mol. The molecule has 0 heterocycles. The summed E-state index contributed by atoms with van der Waals surface area (Å²) in [7, 11) is 0. The minimum Gasteiger partial charge on any atom is -0.394 e. The van der Waals surface area contributed by atoms with E-state index in [0.29, 0.717) is 6.42 Å². The number of carbonyl (C=O) groups is 1. The highest BCUT2D eigenvalue weighted by Gasteiger charge is 2.17. The Morgan fingerprint density at radius 2 is 0.696 bits per heavy atom. The van der Waals surface area contributed by atoms with Gasteiger partial charge in [-0.15, -0.1) is 0 Å². The van der Waals surface area contributed by atoms with Gasteiger partial charge in [-0.05, 0) is 44.9 Å². The number of aliphatic hydroxyl groups is 2. The standard InChI is InChI=1S/C52H99NO3/c1-3-5-7-9-11-13-15-17-18-19-20-21-22-23-24-25-26-27-28-29-30-31-32-33-34-36-38-40-42-44-46-48-52(56)53-50(49-54)51(55)47-45-43-41-39-37-35-16-14-12-10-8-6-4-2/h12,14,37,39,45,47,50-51,54-55H,3-11,13,15-36,38,40-44,46,48-49H2,1-2H3,(H,53,56)/b14-12+,39-37+,47-45+. The van der Waals surface area contributed by atoms with Gasteiger partial charge in [-0.1, -0.05) is 256 Å². The van der Waals surface area contributed by atoms with Crippen LogP contribution >= 0.6 is 0 Å². The first-order chi connectivity index (χ1) is 27.7. The number of carbonyl (C=O) groups excluding carboxylic acids is 1. The lowest BCUT2D eigenvalue weighted by molar-refractivity contribution is -0.123. The Bertz CT molecular complexity index is 851. The Morgan fingerprint density at radius 3 is 1.04 bits per heavy atom. The molecule has 0 aromatic rings. The molecule has 0 aliphatic carbocycles. The zero-order valence-corrected chi connectivity index (χ0v) is 37.9. The van der Waals surface area contributed by atoms with Crippen LogP contribution < -0.4 is 5.32 Å². The van der Waals surface area contributed by atoms with Crippen molar-refractivity contribution in [1.82, 2.24) is 5.32 Å². The molecule has 0 fully saturated rings. The maximum absolute atomic E-state index is 12.4. The van der Waals surface area contributed by atoms with E-state index in [0.717, 1.165) is 38.5 Å². The third-order valence-electron chi connectivity index (χ3n) is 11.6. The van der Waals surface area contributed by atoms with Gasteiger partial charge < -0.3 is 15.5 Å². The van der Waals surface area contributed by atoms with Gasteiger partial charge in [0.1, 0.15) is 0 Å². The number of amides is 1. The molecule has 0 saturated heterocycles. The maximum Gasteiger partial charge on any atom is 0.220 e. The molecule has 1 amide bonds. The minimum atomic E-state index is -0.867. The van der Waals surface area contributed by atoms with E-state index < -0.39 is 12.1 Å². The van der Waals surface area contributed by atoms with E-state index in [1.807, 2.05) is 6.08 Å². The fourth-order valence-corrected chi connectivity index (χ4v) is 7.74. The molecule has 2 unspecified atom stereocenters. The maximum atomic E-state index is 12.4. The normalized spacial score (nSPS) is 13.1. The predicted molar refractivity (Wildman–Crippen MR) is 248 cm³/mol. The number of allylic oxidation sites excluding steroid dienone is 5. The summed E-state index contributed by atoms with van der Waals surface area (Å²) in [5, 5.41) is 23.0. The van der Waals surface area contributed by atoms with Gasteiger partial charge in [-0.2, -0.15) is 0 Å². The van der Waals surface area contributed by atoms with Crippen LogP contribution in [0.4, 0.5) is 0 Å². The van der Waals surface area contributed by atoms with Crippen LogP contribution in [0.5, 0.6) is 0 Å². The number of nitrogens with one attached hydrogen (secondary N) is 1. The van der Waals surface area contributed by atoms with Gasteiger partial charge in [0.25, 0.3) is 0 Å². The van der Waals surface area contributed by atoms with Gasteiger partial charge >= 0.3 is 0 Å². The average molecular weight is 786 g/mol. The quantitative estimate of drug-likeness (QED) is 0.0425. The largest absolute Gasteiger partial charge is 0.394 e. The van der Waals surface area contributed by atoms with E-state index >= 15 is 0 Å². The molecule has 0 aromatic carbocycles. The minimum absolute atomic E-state index is 0.0748. The van der Waals surface area contributed by atoms with Crippen molar-refractivity contribution in [3.8, 4) is 0 Å². The van der Waals surface area contributed by atoms with Crippen molar-refractivity contribution in [3.05, 3.63) is 36.5 Å². The van der Waals surface area contributed by atoms with Gasteiger partial charge in [-0.25, -0.2) is 0 Å². The topological polar surface area (TPSA) is 69.6 Å². The number of rotatable bonds is 46. The number of hydrogen-bond acceptors (Lipinski definition) is 3. The van der Waals surface area contributed by atoms with Crippen molar-refractivity contribution >= 4 is 5.91 Å². The highest BCUT2D eigenvalue weighted by atomic mass is 16.3. The van der Waals surface area contributed by atoms with Gasteiger partial charge in [0.05, 0.1) is 18.8 Å². The molecule has 0 spiro atoms. The molecule has 0 bridgehead atoms. The smallest absolute Gasteiger partial charge is 0.220 e. The SMILES string of the molecule is CCCCC/C=C/CC/C=C/CC/C=C/C(O)C(CO)NC(=O)CCCCCCCCCCCCCCCCCCCCCCCCCCCCCCCCC. The Labute approximate surface area is 351 Å². The van der Waals surface area contributed by atoms with Crippen LogP contribution in [-0.4, -0.2) is 34.9 Å². The predicted octanol–water partition coefficient (Wildman–Crippen LogP) is 16.1. The van der Waals surface area contributed by atoms with Crippen LogP contribution in [0, 0.1) is 0 Å². The Kier molecular flexibility index (Phi) is 46.8. The van der Waals surface area contributed by atoms with Gasteiger partial charge in [-0.3, -0.25) is 4.79 Å². The van der Waals surface area contributed by atoms with Crippen molar-refractivity contribution in [2.75, 3.05) is 6.61 Å². The molecule has 0 rings (SSSR count). The molecule has 0 aliphatic heterocycles. The number of unbranched alkanes of at least 4 members (excludes halogenated alkanes) is 35. The molecule has 0 aliphatic rings. The van der Waals surface area contributed by atoms with E-state index in [2.05, 4.69) is 43.5 Å². The van der Waals surface area contributed by atoms with Crippen LogP contribution in [0.1, 0.15) is 271 Å². The molecule has 4 nitrogen and oxygen atoms in total. The molecular formula is C52H99NO3. The summed E-state index contributed by atoms with van der Waals surface area (Å²) in [6.07, 6.45) is 64.4. The lowest BCUT2D eigenvalue weighted by atomic mass is 10.0. The van der Waals surface area contributed by atoms with E-state index in [1.165, 1.54) is 212 Å². The molecule has 330 valence electrons. The van der Waals surface area contributed by atoms with Crippen LogP contribution in [-0.2, 0) is 4.79 Å². The number of hydrogen-bond donors (Lipinski definition) is 3. The van der Waals surface area contributed by atoms with Gasteiger partial charge in [0, 0.05) is 6.42 Å². The highest BCUT2D eigenvalue weighted by molar-refractivity contribution is 5.76. The van der Waals surface area contributed by atoms with E-state index in [-0.39, 0.29) is 12.5 Å². The van der Waals surface area contributed by atoms with Crippen molar-refractivity contribution in [2.24, 2.45) is 0 Å². The van der Waals surface area contributed by atoms with Crippen molar-refractivity contribution < 1.29 is 15.0 Å². The van der Waals surface area contributed by atoms with E-state index in [4.69, 9.17) is 0 Å². The van der Waals surface area contributed by atoms with E-state index in [9.17, 15) is 15.0 Å². The molecule has 3 N–H and O–H groups in total. The third-order valence-corrected chi connectivity index (χ3v) is 11.6. The molecule has 4 heteroatoms. The fraction of sp³-hybridized carbons (Fsp3) is 0.865. The summed E-state index contributed by atoms with van der Waals surface area (Å²) in [6, 6.07) is -0.642. The summed E-state index contributed by atoms with van der Waals surface area (Å²) < 4.78 is 0. The number of aliphatic hydroxyl groups excluding tert-OH is 2. The Morgan fingerprint density at radius 1 is 0.411 bits per heavy atom. The highest BCUT2D eigenvalue weighted by Crippen LogP contribution is 2.17. The molecule has 0 aromatic heterocycles. The Balaban J connectivity index is 3.44. The summed E-state index contributed by atoms with van der Waals surface area (Å²) in [4.78, 5) is 12.4. The first-order valence-electron chi connectivity index (χ1n) is 25.2. The van der Waals surface area contributed by atoms with Crippen LogP contribution in [0.15, 0.2) is 36.5 Å². The molecule has 0 saturated carbocycles. The summed E-state index contributed by atoms with van der Waals surface area (Å²) in [5.41, 5.74) is 0. The second-order valence-corrected chi connectivity index (χ2v) is 17.2. The second kappa shape index (κ2) is 48.0.